The Morgan fingerprint density at radius 3 is 2.42 bits per heavy atom. The monoisotopic (exact) mass is 320 g/mol. The third kappa shape index (κ3) is 2.91. The molecule has 3 heteroatoms. The second kappa shape index (κ2) is 6.68. The number of benzene rings is 2. The van der Waals surface area contributed by atoms with E-state index in [2.05, 4.69) is 41.7 Å². The molecular formula is C21H24N2O. The zero-order valence-electron chi connectivity index (χ0n) is 13.9. The minimum atomic E-state index is 0.147. The Labute approximate surface area is 143 Å². The zero-order chi connectivity index (χ0) is 16.4. The first-order valence-corrected chi connectivity index (χ1v) is 9.05. The minimum Gasteiger partial charge on any atom is -0.375 e. The molecule has 1 heterocycles. The van der Waals surface area contributed by atoms with Gasteiger partial charge in [0.15, 0.2) is 0 Å². The Morgan fingerprint density at radius 1 is 0.917 bits per heavy atom. The number of amides is 1. The molecule has 2 aromatic carbocycles. The number of hydrogen-bond donors (Lipinski definition) is 1. The summed E-state index contributed by atoms with van der Waals surface area (Å²) >= 11 is 0. The zero-order valence-corrected chi connectivity index (χ0v) is 13.9. The van der Waals surface area contributed by atoms with E-state index in [1.165, 1.54) is 24.8 Å². The molecule has 1 atom stereocenters. The average molecular weight is 320 g/mol. The quantitative estimate of drug-likeness (QED) is 0.864. The third-order valence-corrected chi connectivity index (χ3v) is 5.31. The van der Waals surface area contributed by atoms with E-state index >= 15 is 0 Å². The SMILES string of the molecule is O=C(C1CCCCC1)N1CC(c2ccccc2)Nc2ccccc21. The Kier molecular flexibility index (Phi) is 4.24. The molecule has 3 nitrogen and oxygen atoms in total. The van der Waals surface area contributed by atoms with Crippen LogP contribution in [0.5, 0.6) is 0 Å². The summed E-state index contributed by atoms with van der Waals surface area (Å²) in [6.07, 6.45) is 5.73. The molecule has 4 rings (SSSR count). The predicted molar refractivity (Wildman–Crippen MR) is 98.2 cm³/mol. The molecule has 1 aliphatic heterocycles. The summed E-state index contributed by atoms with van der Waals surface area (Å²) in [5.74, 6) is 0.505. The number of nitrogens with zero attached hydrogens (tertiary/aromatic N) is 1. The second-order valence-electron chi connectivity index (χ2n) is 6.91. The van der Waals surface area contributed by atoms with Crippen molar-refractivity contribution in [2.75, 3.05) is 16.8 Å². The maximum absolute atomic E-state index is 13.2. The molecule has 1 N–H and O–H groups in total. The number of carbonyl (C=O) groups excluding carboxylic acids is 1. The van der Waals surface area contributed by atoms with Crippen LogP contribution in [0.4, 0.5) is 11.4 Å². The number of fused-ring (bicyclic) bond motifs is 1. The summed E-state index contributed by atoms with van der Waals surface area (Å²) in [6, 6.07) is 18.8. The van der Waals surface area contributed by atoms with Crippen molar-refractivity contribution in [2.45, 2.75) is 38.1 Å². The van der Waals surface area contributed by atoms with Gasteiger partial charge in [0.25, 0.3) is 0 Å². The van der Waals surface area contributed by atoms with E-state index in [1.807, 2.05) is 23.1 Å². The first-order chi connectivity index (χ1) is 11.8. The Hall–Kier alpha value is -2.29. The van der Waals surface area contributed by atoms with Crippen molar-refractivity contribution in [3.63, 3.8) is 0 Å². The molecule has 0 aromatic heterocycles. The first-order valence-electron chi connectivity index (χ1n) is 9.05. The molecule has 0 bridgehead atoms. The molecule has 1 aliphatic carbocycles. The fourth-order valence-corrected chi connectivity index (χ4v) is 4.00. The molecule has 0 radical (unpaired) electrons. The van der Waals surface area contributed by atoms with Crippen LogP contribution in [-0.2, 0) is 4.79 Å². The van der Waals surface area contributed by atoms with Gasteiger partial charge < -0.3 is 10.2 Å². The molecule has 24 heavy (non-hydrogen) atoms. The highest BCUT2D eigenvalue weighted by atomic mass is 16.2. The number of nitrogens with one attached hydrogen (secondary N) is 1. The van der Waals surface area contributed by atoms with E-state index in [0.29, 0.717) is 12.5 Å². The van der Waals surface area contributed by atoms with E-state index in [-0.39, 0.29) is 12.0 Å². The fraction of sp³-hybridized carbons (Fsp3) is 0.381. The van der Waals surface area contributed by atoms with Crippen LogP contribution in [0, 0.1) is 5.92 Å². The summed E-state index contributed by atoms with van der Waals surface area (Å²) < 4.78 is 0. The summed E-state index contributed by atoms with van der Waals surface area (Å²) in [4.78, 5) is 15.2. The molecular weight excluding hydrogens is 296 g/mol. The molecule has 2 aliphatic rings. The van der Waals surface area contributed by atoms with Gasteiger partial charge in [-0.25, -0.2) is 0 Å². The molecule has 2 aromatic rings. The van der Waals surface area contributed by atoms with E-state index in [1.54, 1.807) is 0 Å². The number of hydrogen-bond acceptors (Lipinski definition) is 2. The maximum atomic E-state index is 13.2. The lowest BCUT2D eigenvalue weighted by Gasteiger charge is -2.38. The lowest BCUT2D eigenvalue weighted by Crippen LogP contribution is -2.44. The van der Waals surface area contributed by atoms with Gasteiger partial charge in [-0.1, -0.05) is 61.7 Å². The average Bonchev–Trinajstić information content (AvgIpc) is 2.68. The number of carbonyl (C=O) groups is 1. The van der Waals surface area contributed by atoms with E-state index < -0.39 is 0 Å². The van der Waals surface area contributed by atoms with Gasteiger partial charge in [-0.05, 0) is 30.5 Å². The summed E-state index contributed by atoms with van der Waals surface area (Å²) in [5, 5.41) is 3.61. The van der Waals surface area contributed by atoms with E-state index in [9.17, 15) is 4.79 Å². The fourth-order valence-electron chi connectivity index (χ4n) is 4.00. The molecule has 0 saturated heterocycles. The molecule has 1 amide bonds. The lowest BCUT2D eigenvalue weighted by molar-refractivity contribution is -0.123. The van der Waals surface area contributed by atoms with Gasteiger partial charge in [0.05, 0.1) is 24.0 Å². The summed E-state index contributed by atoms with van der Waals surface area (Å²) in [6.45, 7) is 0.705. The van der Waals surface area contributed by atoms with Crippen LogP contribution in [0.2, 0.25) is 0 Å². The Morgan fingerprint density at radius 2 is 1.62 bits per heavy atom. The van der Waals surface area contributed by atoms with E-state index in [0.717, 1.165) is 24.2 Å². The van der Waals surface area contributed by atoms with Crippen molar-refractivity contribution >= 4 is 17.3 Å². The number of rotatable bonds is 2. The van der Waals surface area contributed by atoms with Crippen molar-refractivity contribution in [2.24, 2.45) is 5.92 Å². The van der Waals surface area contributed by atoms with Gasteiger partial charge in [0, 0.05) is 5.92 Å². The maximum Gasteiger partial charge on any atom is 0.230 e. The van der Waals surface area contributed by atoms with Crippen molar-refractivity contribution in [3.05, 3.63) is 60.2 Å². The second-order valence-corrected chi connectivity index (χ2v) is 6.91. The lowest BCUT2D eigenvalue weighted by atomic mass is 9.87. The molecule has 1 unspecified atom stereocenters. The topological polar surface area (TPSA) is 32.3 Å². The van der Waals surface area contributed by atoms with Gasteiger partial charge in [0.2, 0.25) is 5.91 Å². The van der Waals surface area contributed by atoms with Crippen molar-refractivity contribution in [3.8, 4) is 0 Å². The normalized spacial score (nSPS) is 21.0. The first kappa shape index (κ1) is 15.3. The van der Waals surface area contributed by atoms with Crippen LogP contribution in [0.25, 0.3) is 0 Å². The van der Waals surface area contributed by atoms with Gasteiger partial charge in [-0.3, -0.25) is 4.79 Å². The van der Waals surface area contributed by atoms with E-state index in [4.69, 9.17) is 0 Å². The highest BCUT2D eigenvalue weighted by molar-refractivity contribution is 5.99. The molecule has 124 valence electrons. The molecule has 0 spiro atoms. The number of para-hydroxylation sites is 2. The Balaban J connectivity index is 1.65. The Bertz CT molecular complexity index is 707. The molecule has 1 saturated carbocycles. The predicted octanol–water partition coefficient (Wildman–Crippen LogP) is 4.77. The van der Waals surface area contributed by atoms with Crippen molar-refractivity contribution < 1.29 is 4.79 Å². The van der Waals surface area contributed by atoms with Crippen LogP contribution < -0.4 is 10.2 Å². The largest absolute Gasteiger partial charge is 0.375 e. The standard InChI is InChI=1S/C21H24N2O/c24-21(17-11-5-2-6-12-17)23-15-19(16-9-3-1-4-10-16)22-18-13-7-8-14-20(18)23/h1,3-4,7-10,13-14,17,19,22H,2,5-6,11-12,15H2. The third-order valence-electron chi connectivity index (χ3n) is 5.31. The van der Waals surface area contributed by atoms with Crippen LogP contribution in [0.3, 0.4) is 0 Å². The highest BCUT2D eigenvalue weighted by Gasteiger charge is 2.33. The van der Waals surface area contributed by atoms with Crippen LogP contribution >= 0.6 is 0 Å². The van der Waals surface area contributed by atoms with Crippen molar-refractivity contribution in [1.29, 1.82) is 0 Å². The van der Waals surface area contributed by atoms with Crippen LogP contribution in [-0.4, -0.2) is 12.5 Å². The summed E-state index contributed by atoms with van der Waals surface area (Å²) in [7, 11) is 0. The van der Waals surface area contributed by atoms with Crippen LogP contribution in [0.1, 0.15) is 43.7 Å². The molecule has 1 fully saturated rings. The van der Waals surface area contributed by atoms with Gasteiger partial charge >= 0.3 is 0 Å². The highest BCUT2D eigenvalue weighted by Crippen LogP contribution is 2.37. The van der Waals surface area contributed by atoms with Gasteiger partial charge in [-0.15, -0.1) is 0 Å². The minimum absolute atomic E-state index is 0.147. The smallest absolute Gasteiger partial charge is 0.230 e. The van der Waals surface area contributed by atoms with Gasteiger partial charge in [-0.2, -0.15) is 0 Å². The van der Waals surface area contributed by atoms with Gasteiger partial charge in [0.1, 0.15) is 0 Å². The number of anilines is 2. The summed E-state index contributed by atoms with van der Waals surface area (Å²) in [5.41, 5.74) is 3.32. The van der Waals surface area contributed by atoms with Crippen LogP contribution in [0.15, 0.2) is 54.6 Å². The van der Waals surface area contributed by atoms with Crippen molar-refractivity contribution in [1.82, 2.24) is 0 Å².